The molecule has 0 aliphatic carbocycles. The number of piperazine rings is 1. The van der Waals surface area contributed by atoms with Crippen LogP contribution in [0.3, 0.4) is 0 Å². The molecular formula is C24H28N4O4. The van der Waals surface area contributed by atoms with Crippen molar-refractivity contribution in [1.29, 1.82) is 0 Å². The Labute approximate surface area is 187 Å². The van der Waals surface area contributed by atoms with Gasteiger partial charge in [0.2, 0.25) is 6.79 Å². The zero-order valence-electron chi connectivity index (χ0n) is 18.7. The highest BCUT2D eigenvalue weighted by atomic mass is 16.7. The molecule has 1 atom stereocenters. The predicted octanol–water partition coefficient (Wildman–Crippen LogP) is 2.58. The first-order valence-electron chi connectivity index (χ1n) is 10.9. The first kappa shape index (κ1) is 20.6. The van der Waals surface area contributed by atoms with Crippen LogP contribution in [0.15, 0.2) is 36.4 Å². The monoisotopic (exact) mass is 436 g/mol. The highest BCUT2D eigenvalue weighted by Gasteiger charge is 2.49. The fourth-order valence-electron chi connectivity index (χ4n) is 4.64. The molecule has 3 aliphatic heterocycles. The number of aryl methyl sites for hydroxylation is 1. The molecule has 0 aromatic heterocycles. The summed E-state index contributed by atoms with van der Waals surface area (Å²) in [6.45, 7) is 9.74. The van der Waals surface area contributed by atoms with Crippen LogP contribution in [-0.4, -0.2) is 61.4 Å². The van der Waals surface area contributed by atoms with Crippen LogP contribution >= 0.6 is 0 Å². The van der Waals surface area contributed by atoms with Gasteiger partial charge >= 0.3 is 6.03 Å². The molecule has 3 amide bonds. The standard InChI is InChI=1S/C24H28N4O4/c1-16-5-4-6-19(17(16)2)27-11-9-26(10-12-27)14-28-22(29)24(3,25-23(28)30)18-7-8-20-21(13-18)32-15-31-20/h4-8,13H,9-12,14-15H2,1-3H3,(H,25,30). The number of nitrogens with zero attached hydrogens (tertiary/aromatic N) is 3. The van der Waals surface area contributed by atoms with Crippen molar-refractivity contribution in [2.75, 3.05) is 44.5 Å². The Kier molecular flexibility index (Phi) is 4.97. The number of hydrogen-bond acceptors (Lipinski definition) is 6. The van der Waals surface area contributed by atoms with Crippen LogP contribution in [-0.2, 0) is 10.3 Å². The second-order valence-electron chi connectivity index (χ2n) is 8.82. The Balaban J connectivity index is 1.26. The van der Waals surface area contributed by atoms with Crippen LogP contribution in [0.25, 0.3) is 0 Å². The highest BCUT2D eigenvalue weighted by Crippen LogP contribution is 2.38. The van der Waals surface area contributed by atoms with E-state index in [4.69, 9.17) is 9.47 Å². The minimum absolute atomic E-state index is 0.163. The molecule has 3 aliphatic rings. The molecule has 32 heavy (non-hydrogen) atoms. The summed E-state index contributed by atoms with van der Waals surface area (Å²) in [6.07, 6.45) is 0. The van der Waals surface area contributed by atoms with Gasteiger partial charge in [0.25, 0.3) is 5.91 Å². The van der Waals surface area contributed by atoms with Crippen LogP contribution in [0.4, 0.5) is 10.5 Å². The van der Waals surface area contributed by atoms with Gasteiger partial charge < -0.3 is 19.7 Å². The number of amides is 3. The van der Waals surface area contributed by atoms with Crippen LogP contribution in [0, 0.1) is 13.8 Å². The molecule has 1 N–H and O–H groups in total. The summed E-state index contributed by atoms with van der Waals surface area (Å²) >= 11 is 0. The Hall–Kier alpha value is -3.26. The predicted molar refractivity (Wildman–Crippen MR) is 120 cm³/mol. The van der Waals surface area contributed by atoms with E-state index in [0.717, 1.165) is 26.2 Å². The van der Waals surface area contributed by atoms with E-state index in [2.05, 4.69) is 47.2 Å². The zero-order chi connectivity index (χ0) is 22.5. The average Bonchev–Trinajstić information content (AvgIpc) is 3.34. The van der Waals surface area contributed by atoms with Crippen molar-refractivity contribution < 1.29 is 19.1 Å². The van der Waals surface area contributed by atoms with E-state index in [0.29, 0.717) is 17.1 Å². The van der Waals surface area contributed by atoms with Crippen LogP contribution < -0.4 is 19.7 Å². The zero-order valence-corrected chi connectivity index (χ0v) is 18.7. The van der Waals surface area contributed by atoms with Gasteiger partial charge in [0.1, 0.15) is 5.54 Å². The van der Waals surface area contributed by atoms with Gasteiger partial charge in [-0.3, -0.25) is 9.69 Å². The van der Waals surface area contributed by atoms with Gasteiger partial charge in [-0.15, -0.1) is 0 Å². The van der Waals surface area contributed by atoms with Crippen molar-refractivity contribution in [2.45, 2.75) is 26.3 Å². The van der Waals surface area contributed by atoms with Gasteiger partial charge in [0.15, 0.2) is 11.5 Å². The molecule has 168 valence electrons. The number of rotatable bonds is 4. The number of hydrogen-bond donors (Lipinski definition) is 1. The third kappa shape index (κ3) is 3.35. The Bertz CT molecular complexity index is 1080. The van der Waals surface area contributed by atoms with Crippen LogP contribution in [0.1, 0.15) is 23.6 Å². The first-order chi connectivity index (χ1) is 15.4. The molecule has 5 rings (SSSR count). The molecule has 0 radical (unpaired) electrons. The van der Waals surface area contributed by atoms with Gasteiger partial charge in [-0.25, -0.2) is 9.69 Å². The fraction of sp³-hybridized carbons (Fsp3) is 0.417. The summed E-state index contributed by atoms with van der Waals surface area (Å²) < 4.78 is 10.8. The van der Waals surface area contributed by atoms with E-state index >= 15 is 0 Å². The average molecular weight is 437 g/mol. The summed E-state index contributed by atoms with van der Waals surface area (Å²) in [7, 11) is 0. The van der Waals surface area contributed by atoms with Crippen LogP contribution in [0.2, 0.25) is 0 Å². The van der Waals surface area contributed by atoms with Crippen molar-refractivity contribution in [3.8, 4) is 11.5 Å². The Morgan fingerprint density at radius 1 is 1.00 bits per heavy atom. The van der Waals surface area contributed by atoms with E-state index in [1.54, 1.807) is 25.1 Å². The summed E-state index contributed by atoms with van der Waals surface area (Å²) in [5.41, 5.74) is 3.40. The van der Waals surface area contributed by atoms with E-state index in [9.17, 15) is 9.59 Å². The second-order valence-corrected chi connectivity index (χ2v) is 8.82. The molecule has 3 heterocycles. The lowest BCUT2D eigenvalue weighted by molar-refractivity contribution is -0.132. The quantitative estimate of drug-likeness (QED) is 0.743. The van der Waals surface area contributed by atoms with Crippen molar-refractivity contribution in [3.05, 3.63) is 53.1 Å². The molecule has 1 unspecified atom stereocenters. The molecule has 8 heteroatoms. The van der Waals surface area contributed by atoms with E-state index < -0.39 is 5.54 Å². The summed E-state index contributed by atoms with van der Waals surface area (Å²) in [5, 5.41) is 2.88. The largest absolute Gasteiger partial charge is 0.454 e. The molecule has 0 bridgehead atoms. The Morgan fingerprint density at radius 2 is 1.75 bits per heavy atom. The maximum absolute atomic E-state index is 13.3. The molecule has 0 spiro atoms. The summed E-state index contributed by atoms with van der Waals surface area (Å²) in [5.74, 6) is 0.984. The number of carbonyl (C=O) groups excluding carboxylic acids is 2. The SMILES string of the molecule is Cc1cccc(N2CCN(CN3C(=O)NC(C)(c4ccc5c(c4)OCO5)C3=O)CC2)c1C. The molecule has 2 aromatic carbocycles. The van der Waals surface area contributed by atoms with Gasteiger partial charge in [0.05, 0.1) is 6.67 Å². The molecule has 2 aromatic rings. The summed E-state index contributed by atoms with van der Waals surface area (Å²) in [4.78, 5) is 31.9. The van der Waals surface area contributed by atoms with Gasteiger partial charge in [0, 0.05) is 31.9 Å². The lowest BCUT2D eigenvalue weighted by Gasteiger charge is -2.38. The number of benzene rings is 2. The molecule has 8 nitrogen and oxygen atoms in total. The number of imide groups is 1. The number of anilines is 1. The van der Waals surface area contributed by atoms with Crippen molar-refractivity contribution >= 4 is 17.6 Å². The van der Waals surface area contributed by atoms with E-state index in [1.165, 1.54) is 21.7 Å². The van der Waals surface area contributed by atoms with E-state index in [-0.39, 0.29) is 25.4 Å². The lowest BCUT2D eigenvalue weighted by Crippen LogP contribution is -2.51. The topological polar surface area (TPSA) is 74.3 Å². The molecule has 0 saturated carbocycles. The first-order valence-corrected chi connectivity index (χ1v) is 10.9. The third-order valence-corrected chi connectivity index (χ3v) is 6.86. The van der Waals surface area contributed by atoms with Gasteiger partial charge in [-0.05, 0) is 55.7 Å². The number of urea groups is 1. The smallest absolute Gasteiger partial charge is 0.326 e. The minimum atomic E-state index is -1.13. The maximum Gasteiger partial charge on any atom is 0.326 e. The van der Waals surface area contributed by atoms with Crippen LogP contribution in [0.5, 0.6) is 11.5 Å². The minimum Gasteiger partial charge on any atom is -0.454 e. The number of carbonyl (C=O) groups is 2. The summed E-state index contributed by atoms with van der Waals surface area (Å²) in [6, 6.07) is 11.4. The normalized spacial score (nSPS) is 23.1. The molecular weight excluding hydrogens is 408 g/mol. The Morgan fingerprint density at radius 3 is 2.53 bits per heavy atom. The maximum atomic E-state index is 13.3. The number of fused-ring (bicyclic) bond motifs is 1. The van der Waals surface area contributed by atoms with Crippen molar-refractivity contribution in [3.63, 3.8) is 0 Å². The van der Waals surface area contributed by atoms with Crippen molar-refractivity contribution in [1.82, 2.24) is 15.1 Å². The van der Waals surface area contributed by atoms with Gasteiger partial charge in [-0.2, -0.15) is 0 Å². The highest BCUT2D eigenvalue weighted by molar-refractivity contribution is 6.07. The number of ether oxygens (including phenoxy) is 2. The second kappa shape index (κ2) is 7.70. The fourth-order valence-corrected chi connectivity index (χ4v) is 4.64. The van der Waals surface area contributed by atoms with E-state index in [1.807, 2.05) is 0 Å². The molecule has 2 saturated heterocycles. The number of nitrogens with one attached hydrogen (secondary N) is 1. The molecule has 2 fully saturated rings. The van der Waals surface area contributed by atoms with Gasteiger partial charge in [-0.1, -0.05) is 18.2 Å². The third-order valence-electron chi connectivity index (χ3n) is 6.86. The van der Waals surface area contributed by atoms with Crippen molar-refractivity contribution in [2.24, 2.45) is 0 Å². The lowest BCUT2D eigenvalue weighted by atomic mass is 9.92.